The number of rotatable bonds is 12. The zero-order valence-electron chi connectivity index (χ0n) is 39.3. The van der Waals surface area contributed by atoms with E-state index in [4.69, 9.17) is 14.6 Å². The van der Waals surface area contributed by atoms with Gasteiger partial charge in [0.1, 0.15) is 24.2 Å². The van der Waals surface area contributed by atoms with Gasteiger partial charge >= 0.3 is 6.09 Å². The number of imide groups is 1. The number of fused-ring (bicyclic) bond motifs is 3. The SMILES string of the molecule is Cc1nn(CCCC#Cc2cccc3c2CN(C2CCC(=O)N(COCC[Si](C)(C)C)C2=O)C3=O)c2cc(C(=O)Nc3cc4c(cn3)cc([C@H]3CCCN3C)n4C(=O)OC(C)(C)C)ccc12. The average Bonchev–Trinajstić information content (AvgIpc) is 4.02. The van der Waals surface area contributed by atoms with Gasteiger partial charge in [-0.3, -0.25) is 33.7 Å². The maximum atomic E-state index is 13.8. The molecule has 3 aromatic heterocycles. The molecule has 0 bridgehead atoms. The predicted octanol–water partition coefficient (Wildman–Crippen LogP) is 8.11. The lowest BCUT2D eigenvalue weighted by Crippen LogP contribution is -2.55. The summed E-state index contributed by atoms with van der Waals surface area (Å²) in [4.78, 5) is 76.9. The molecule has 0 saturated carbocycles. The predicted molar refractivity (Wildman–Crippen MR) is 255 cm³/mol. The number of aryl methyl sites for hydroxylation is 2. The van der Waals surface area contributed by atoms with Crippen molar-refractivity contribution in [2.45, 2.75) is 123 Å². The minimum absolute atomic E-state index is 0.0524. The van der Waals surface area contributed by atoms with Crippen LogP contribution in [0.4, 0.5) is 10.6 Å². The van der Waals surface area contributed by atoms with Crippen molar-refractivity contribution in [1.29, 1.82) is 0 Å². The standard InChI is InChI=1S/C50H60N8O7Si/c1-32-36-19-18-34(46(60)52-44-28-41-35(29-51-44)27-43(39-17-13-22-54(39)5)58(41)49(63)65-50(2,3)4)26-42(36)57(53-32)23-11-9-10-14-33-15-12-16-37-38(33)30-55(47(37)61)40-20-21-45(59)56(48(40)62)31-64-24-25-66(6,7)8/h12,15-16,18-19,26-29,39-40H,9,11,13,17,20-25,30-31H2,1-8H3,(H,51,52,60)/t39-,40?/m1/s1. The van der Waals surface area contributed by atoms with Crippen LogP contribution in [0.3, 0.4) is 0 Å². The lowest BCUT2D eigenvalue weighted by molar-refractivity contribution is -0.158. The Labute approximate surface area is 386 Å². The van der Waals surface area contributed by atoms with Crippen LogP contribution in [0.25, 0.3) is 21.8 Å². The fourth-order valence-corrected chi connectivity index (χ4v) is 9.81. The number of likely N-dealkylation sites (tertiary alicyclic amines) is 2. The van der Waals surface area contributed by atoms with Crippen LogP contribution in [0.2, 0.25) is 25.7 Å². The number of anilines is 1. The summed E-state index contributed by atoms with van der Waals surface area (Å²) < 4.78 is 15.1. The van der Waals surface area contributed by atoms with Crippen molar-refractivity contribution in [3.63, 3.8) is 0 Å². The van der Waals surface area contributed by atoms with E-state index in [0.29, 0.717) is 48.5 Å². The number of piperidine rings is 1. The van der Waals surface area contributed by atoms with Gasteiger partial charge in [0.2, 0.25) is 5.91 Å². The Morgan fingerprint density at radius 3 is 2.55 bits per heavy atom. The Balaban J connectivity index is 0.921. The van der Waals surface area contributed by atoms with E-state index in [1.54, 1.807) is 33.9 Å². The van der Waals surface area contributed by atoms with Crippen molar-refractivity contribution in [2.24, 2.45) is 0 Å². The number of amides is 4. The molecule has 1 unspecified atom stereocenters. The second-order valence-electron chi connectivity index (χ2n) is 19.9. The highest BCUT2D eigenvalue weighted by Gasteiger charge is 2.43. The van der Waals surface area contributed by atoms with Gasteiger partial charge in [0.05, 0.1) is 22.8 Å². The lowest BCUT2D eigenvalue weighted by atomic mass is 10.0. The number of nitrogens with one attached hydrogen (secondary N) is 1. The minimum Gasteiger partial charge on any atom is -0.443 e. The van der Waals surface area contributed by atoms with Crippen LogP contribution in [0.1, 0.15) is 109 Å². The van der Waals surface area contributed by atoms with Crippen LogP contribution < -0.4 is 5.32 Å². The Kier molecular flexibility index (Phi) is 13.1. The van der Waals surface area contributed by atoms with Crippen molar-refractivity contribution in [2.75, 3.05) is 32.2 Å². The first-order valence-electron chi connectivity index (χ1n) is 22.9. The number of pyridine rings is 1. The molecule has 5 aromatic rings. The summed E-state index contributed by atoms with van der Waals surface area (Å²) in [5.41, 5.74) is 4.89. The first-order chi connectivity index (χ1) is 31.4. The van der Waals surface area contributed by atoms with Crippen LogP contribution in [0.5, 0.6) is 0 Å². The number of unbranched alkanes of at least 4 members (excludes halogenated alkanes) is 1. The Hall–Kier alpha value is -6.15. The monoisotopic (exact) mass is 912 g/mol. The summed E-state index contributed by atoms with van der Waals surface area (Å²) in [5.74, 6) is 5.61. The van der Waals surface area contributed by atoms with Gasteiger partial charge in [-0.05, 0) is 109 Å². The number of nitrogens with zero attached hydrogens (tertiary/aromatic N) is 7. The van der Waals surface area contributed by atoms with E-state index in [9.17, 15) is 24.0 Å². The molecule has 3 aliphatic heterocycles. The third kappa shape index (κ3) is 9.84. The van der Waals surface area contributed by atoms with E-state index in [2.05, 4.69) is 53.7 Å². The summed E-state index contributed by atoms with van der Waals surface area (Å²) in [7, 11) is 0.718. The third-order valence-electron chi connectivity index (χ3n) is 12.6. The topological polar surface area (TPSA) is 161 Å². The summed E-state index contributed by atoms with van der Waals surface area (Å²) >= 11 is 0. The van der Waals surface area contributed by atoms with Crippen molar-refractivity contribution >= 4 is 65.4 Å². The quantitative estimate of drug-likeness (QED) is 0.0561. The molecule has 16 heteroatoms. The molecule has 346 valence electrons. The van der Waals surface area contributed by atoms with E-state index >= 15 is 0 Å². The molecule has 66 heavy (non-hydrogen) atoms. The molecule has 2 saturated heterocycles. The van der Waals surface area contributed by atoms with Crippen molar-refractivity contribution in [3.8, 4) is 11.8 Å². The highest BCUT2D eigenvalue weighted by atomic mass is 28.3. The maximum Gasteiger partial charge on any atom is 0.419 e. The Morgan fingerprint density at radius 2 is 1.80 bits per heavy atom. The van der Waals surface area contributed by atoms with E-state index in [0.717, 1.165) is 69.1 Å². The van der Waals surface area contributed by atoms with Gasteiger partial charge in [-0.1, -0.05) is 43.6 Å². The van der Waals surface area contributed by atoms with Crippen LogP contribution in [-0.4, -0.2) is 110 Å². The molecule has 0 spiro atoms. The largest absolute Gasteiger partial charge is 0.443 e. The van der Waals surface area contributed by atoms with E-state index < -0.39 is 31.7 Å². The van der Waals surface area contributed by atoms with Crippen molar-refractivity contribution < 1.29 is 33.4 Å². The zero-order valence-corrected chi connectivity index (χ0v) is 40.3. The molecule has 0 radical (unpaired) electrons. The number of aromatic nitrogens is 4. The summed E-state index contributed by atoms with van der Waals surface area (Å²) in [6, 6.07) is 14.9. The van der Waals surface area contributed by atoms with Crippen LogP contribution >= 0.6 is 0 Å². The number of carbonyl (C=O) groups is 5. The number of carbonyl (C=O) groups excluding carboxylic acids is 5. The van der Waals surface area contributed by atoms with E-state index in [-0.39, 0.29) is 49.9 Å². The Bertz CT molecular complexity index is 2810. The molecule has 8 rings (SSSR count). The van der Waals surface area contributed by atoms with Crippen molar-refractivity contribution in [3.05, 3.63) is 88.4 Å². The van der Waals surface area contributed by atoms with Crippen LogP contribution in [0, 0.1) is 18.8 Å². The van der Waals surface area contributed by atoms with Crippen molar-refractivity contribution in [1.82, 2.24) is 34.0 Å². The highest BCUT2D eigenvalue weighted by molar-refractivity contribution is 6.76. The Morgan fingerprint density at radius 1 is 1.00 bits per heavy atom. The lowest BCUT2D eigenvalue weighted by Gasteiger charge is -2.35. The van der Waals surface area contributed by atoms with Gasteiger partial charge in [-0.2, -0.15) is 5.10 Å². The van der Waals surface area contributed by atoms with Crippen LogP contribution in [0.15, 0.2) is 54.7 Å². The fourth-order valence-electron chi connectivity index (χ4n) is 9.05. The smallest absolute Gasteiger partial charge is 0.419 e. The van der Waals surface area contributed by atoms with Gasteiger partial charge < -0.3 is 19.7 Å². The molecule has 1 N–H and O–H groups in total. The first kappa shape index (κ1) is 46.4. The van der Waals surface area contributed by atoms with E-state index in [1.807, 2.05) is 62.7 Å². The number of hydrogen-bond donors (Lipinski definition) is 1. The molecular formula is C50H60N8O7Si. The molecular weight excluding hydrogens is 853 g/mol. The zero-order chi connectivity index (χ0) is 47.1. The normalized spacial score (nSPS) is 18.0. The highest BCUT2D eigenvalue weighted by Crippen LogP contribution is 2.36. The van der Waals surface area contributed by atoms with Gasteiger partial charge in [-0.15, -0.1) is 0 Å². The van der Waals surface area contributed by atoms with Gasteiger partial charge in [-0.25, -0.2) is 14.3 Å². The van der Waals surface area contributed by atoms with Gasteiger partial charge in [0.25, 0.3) is 17.7 Å². The third-order valence-corrected chi connectivity index (χ3v) is 14.3. The summed E-state index contributed by atoms with van der Waals surface area (Å²) in [6.45, 7) is 16.3. The fraction of sp³-hybridized carbons (Fsp3) is 0.460. The minimum atomic E-state index is -1.34. The molecule has 3 aliphatic rings. The molecule has 4 amide bonds. The molecule has 6 heterocycles. The van der Waals surface area contributed by atoms with Gasteiger partial charge in [0.15, 0.2) is 0 Å². The molecule has 2 aromatic carbocycles. The van der Waals surface area contributed by atoms with Crippen LogP contribution in [-0.2, 0) is 32.2 Å². The summed E-state index contributed by atoms with van der Waals surface area (Å²) in [6.07, 6.45) is 4.83. The number of hydrogen-bond acceptors (Lipinski definition) is 10. The number of benzene rings is 2. The average molecular weight is 913 g/mol. The summed E-state index contributed by atoms with van der Waals surface area (Å²) in [5, 5.41) is 9.44. The number of ether oxygens (including phenoxy) is 2. The molecule has 15 nitrogen and oxygen atoms in total. The second-order valence-corrected chi connectivity index (χ2v) is 25.5. The molecule has 0 aliphatic carbocycles. The van der Waals surface area contributed by atoms with E-state index in [1.165, 1.54) is 0 Å². The first-order valence-corrected chi connectivity index (χ1v) is 26.6. The molecule has 2 atom stereocenters. The molecule has 2 fully saturated rings. The van der Waals surface area contributed by atoms with Gasteiger partial charge in [0, 0.05) is 86.0 Å². The second kappa shape index (κ2) is 18.6. The maximum absolute atomic E-state index is 13.8.